The Kier molecular flexibility index (Phi) is 5.04. The molecule has 3 heterocycles. The molecule has 0 N–H and O–H groups in total. The summed E-state index contributed by atoms with van der Waals surface area (Å²) in [6.45, 7) is 3.26. The fraction of sp³-hybridized carbons (Fsp3) is 0.471. The zero-order valence-corrected chi connectivity index (χ0v) is 14.3. The lowest BCUT2D eigenvalue weighted by Gasteiger charge is -2.31. The molecular formula is C17H20ClN3O3. The third kappa shape index (κ3) is 3.70. The van der Waals surface area contributed by atoms with E-state index in [1.165, 1.54) is 0 Å². The maximum absolute atomic E-state index is 12.5. The second-order valence-corrected chi connectivity index (χ2v) is 6.39. The van der Waals surface area contributed by atoms with E-state index in [2.05, 4.69) is 4.98 Å². The molecule has 1 amide bonds. The number of likely N-dealkylation sites (tertiary alicyclic amines) is 1. The molecule has 6 nitrogen and oxygen atoms in total. The number of pyridine rings is 1. The van der Waals surface area contributed by atoms with Crippen LogP contribution in [-0.2, 0) is 20.7 Å². The second kappa shape index (κ2) is 7.21. The van der Waals surface area contributed by atoms with Crippen LogP contribution < -0.4 is 0 Å². The summed E-state index contributed by atoms with van der Waals surface area (Å²) < 4.78 is 6.88. The minimum Gasteiger partial charge on any atom is -0.466 e. The van der Waals surface area contributed by atoms with Gasteiger partial charge >= 0.3 is 5.97 Å². The monoisotopic (exact) mass is 349 g/mol. The van der Waals surface area contributed by atoms with Crippen molar-refractivity contribution in [2.45, 2.75) is 26.2 Å². The first kappa shape index (κ1) is 16.8. The van der Waals surface area contributed by atoms with Gasteiger partial charge in [0.2, 0.25) is 5.91 Å². The van der Waals surface area contributed by atoms with Crippen LogP contribution in [0.1, 0.15) is 25.5 Å². The molecule has 2 aromatic heterocycles. The molecule has 0 aromatic carbocycles. The number of hydrogen-bond donors (Lipinski definition) is 0. The highest BCUT2D eigenvalue weighted by Gasteiger charge is 2.29. The zero-order valence-electron chi connectivity index (χ0n) is 13.6. The predicted octanol–water partition coefficient (Wildman–Crippen LogP) is 2.33. The smallest absolute Gasteiger partial charge is 0.310 e. The highest BCUT2D eigenvalue weighted by molar-refractivity contribution is 6.30. The van der Waals surface area contributed by atoms with Crippen LogP contribution in [0.15, 0.2) is 24.5 Å². The average Bonchev–Trinajstić information content (AvgIpc) is 2.96. The molecule has 1 aliphatic heterocycles. The molecule has 0 radical (unpaired) electrons. The van der Waals surface area contributed by atoms with Gasteiger partial charge in [0.25, 0.3) is 0 Å². The number of nitrogens with zero attached hydrogens (tertiary/aromatic N) is 3. The number of carbonyl (C=O) groups is 2. The van der Waals surface area contributed by atoms with Crippen LogP contribution >= 0.6 is 11.6 Å². The number of imidazole rings is 1. The number of hydrogen-bond acceptors (Lipinski definition) is 4. The molecule has 1 saturated heterocycles. The highest BCUT2D eigenvalue weighted by atomic mass is 35.5. The van der Waals surface area contributed by atoms with Gasteiger partial charge in [-0.1, -0.05) is 11.6 Å². The first-order valence-electron chi connectivity index (χ1n) is 8.14. The Morgan fingerprint density at radius 3 is 3.00 bits per heavy atom. The van der Waals surface area contributed by atoms with E-state index in [1.54, 1.807) is 24.1 Å². The summed E-state index contributed by atoms with van der Waals surface area (Å²) in [5.41, 5.74) is 1.45. The van der Waals surface area contributed by atoms with Crippen molar-refractivity contribution in [3.8, 4) is 0 Å². The van der Waals surface area contributed by atoms with E-state index in [9.17, 15) is 9.59 Å². The molecular weight excluding hydrogens is 330 g/mol. The fourth-order valence-electron chi connectivity index (χ4n) is 3.03. The molecule has 0 spiro atoms. The van der Waals surface area contributed by atoms with Gasteiger partial charge in [0.15, 0.2) is 0 Å². The van der Waals surface area contributed by atoms with Gasteiger partial charge in [0, 0.05) is 25.5 Å². The lowest BCUT2D eigenvalue weighted by Crippen LogP contribution is -2.43. The van der Waals surface area contributed by atoms with Gasteiger partial charge in [-0.05, 0) is 31.9 Å². The second-order valence-electron chi connectivity index (χ2n) is 5.95. The number of aromatic nitrogens is 2. The third-order valence-corrected chi connectivity index (χ3v) is 4.41. The highest BCUT2D eigenvalue weighted by Crippen LogP contribution is 2.19. The number of rotatable bonds is 4. The fourth-order valence-corrected chi connectivity index (χ4v) is 3.19. The van der Waals surface area contributed by atoms with Gasteiger partial charge in [-0.3, -0.25) is 9.59 Å². The molecule has 24 heavy (non-hydrogen) atoms. The van der Waals surface area contributed by atoms with E-state index in [0.29, 0.717) is 30.4 Å². The number of fused-ring (bicyclic) bond motifs is 1. The number of amides is 1. The SMILES string of the molecule is CCOC(=O)C1CCCN(C(=O)Cc2cn3cc(Cl)ccc3n2)C1. The topological polar surface area (TPSA) is 63.9 Å². The zero-order chi connectivity index (χ0) is 17.1. The Labute approximate surface area is 145 Å². The number of ether oxygens (including phenoxy) is 1. The average molecular weight is 350 g/mol. The number of esters is 1. The quantitative estimate of drug-likeness (QED) is 0.795. The van der Waals surface area contributed by atoms with Crippen molar-refractivity contribution in [1.82, 2.24) is 14.3 Å². The number of halogens is 1. The maximum Gasteiger partial charge on any atom is 0.310 e. The molecule has 1 unspecified atom stereocenters. The summed E-state index contributed by atoms with van der Waals surface area (Å²) in [4.78, 5) is 30.6. The van der Waals surface area contributed by atoms with Gasteiger partial charge in [-0.2, -0.15) is 0 Å². The van der Waals surface area contributed by atoms with E-state index >= 15 is 0 Å². The van der Waals surface area contributed by atoms with Gasteiger partial charge < -0.3 is 14.0 Å². The molecule has 0 aliphatic carbocycles. The molecule has 2 aromatic rings. The summed E-state index contributed by atoms with van der Waals surface area (Å²) in [5, 5.41) is 0.617. The van der Waals surface area contributed by atoms with Crippen molar-refractivity contribution < 1.29 is 14.3 Å². The van der Waals surface area contributed by atoms with Gasteiger partial charge in [-0.15, -0.1) is 0 Å². The first-order valence-corrected chi connectivity index (χ1v) is 8.52. The summed E-state index contributed by atoms with van der Waals surface area (Å²) in [5.74, 6) is -0.446. The largest absolute Gasteiger partial charge is 0.466 e. The molecule has 1 atom stereocenters. The summed E-state index contributed by atoms with van der Waals surface area (Å²) in [6.07, 6.45) is 5.38. The minimum atomic E-state index is -0.220. The first-order chi connectivity index (χ1) is 11.6. The van der Waals surface area contributed by atoms with Crippen LogP contribution in [-0.4, -0.2) is 45.9 Å². The van der Waals surface area contributed by atoms with Crippen LogP contribution in [0.3, 0.4) is 0 Å². The standard InChI is InChI=1S/C17H20ClN3O3/c1-2-24-17(23)12-4-3-7-20(9-12)16(22)8-14-11-21-10-13(18)5-6-15(21)19-14/h5-6,10-12H,2-4,7-9H2,1H3. The van der Waals surface area contributed by atoms with Crippen molar-refractivity contribution >= 4 is 29.1 Å². The van der Waals surface area contributed by atoms with E-state index in [1.807, 2.05) is 16.7 Å². The summed E-state index contributed by atoms with van der Waals surface area (Å²) in [7, 11) is 0. The molecule has 7 heteroatoms. The van der Waals surface area contributed by atoms with Crippen molar-refractivity contribution in [2.75, 3.05) is 19.7 Å². The van der Waals surface area contributed by atoms with Gasteiger partial charge in [-0.25, -0.2) is 4.98 Å². The Balaban J connectivity index is 1.65. The van der Waals surface area contributed by atoms with Crippen molar-refractivity contribution in [1.29, 1.82) is 0 Å². The third-order valence-electron chi connectivity index (χ3n) is 4.19. The van der Waals surface area contributed by atoms with Crippen LogP contribution in [0.25, 0.3) is 5.65 Å². The maximum atomic E-state index is 12.5. The Morgan fingerprint density at radius 2 is 2.21 bits per heavy atom. The normalized spacial score (nSPS) is 17.9. The Morgan fingerprint density at radius 1 is 1.38 bits per heavy atom. The lowest BCUT2D eigenvalue weighted by atomic mass is 9.98. The Bertz CT molecular complexity index is 759. The molecule has 3 rings (SSSR count). The van der Waals surface area contributed by atoms with Crippen molar-refractivity contribution in [3.63, 3.8) is 0 Å². The van der Waals surface area contributed by atoms with Gasteiger partial charge in [0.1, 0.15) is 5.65 Å². The van der Waals surface area contributed by atoms with E-state index in [0.717, 1.165) is 18.5 Å². The molecule has 128 valence electrons. The Hall–Kier alpha value is -2.08. The van der Waals surface area contributed by atoms with E-state index in [4.69, 9.17) is 16.3 Å². The molecule has 1 aliphatic rings. The summed E-state index contributed by atoms with van der Waals surface area (Å²) in [6, 6.07) is 3.58. The minimum absolute atomic E-state index is 0.0153. The van der Waals surface area contributed by atoms with Crippen molar-refractivity contribution in [3.05, 3.63) is 35.2 Å². The molecule has 0 saturated carbocycles. The van der Waals surface area contributed by atoms with Crippen molar-refractivity contribution in [2.24, 2.45) is 5.92 Å². The van der Waals surface area contributed by atoms with Crippen LogP contribution in [0.2, 0.25) is 5.02 Å². The number of piperidine rings is 1. The van der Waals surface area contributed by atoms with E-state index in [-0.39, 0.29) is 24.2 Å². The molecule has 0 bridgehead atoms. The molecule has 1 fully saturated rings. The predicted molar refractivity (Wildman–Crippen MR) is 89.8 cm³/mol. The van der Waals surface area contributed by atoms with Crippen LogP contribution in [0.5, 0.6) is 0 Å². The van der Waals surface area contributed by atoms with Crippen LogP contribution in [0, 0.1) is 5.92 Å². The lowest BCUT2D eigenvalue weighted by molar-refractivity contribution is -0.151. The number of carbonyl (C=O) groups excluding carboxylic acids is 2. The van der Waals surface area contributed by atoms with E-state index < -0.39 is 0 Å². The van der Waals surface area contributed by atoms with Gasteiger partial charge in [0.05, 0.1) is 29.7 Å². The van der Waals surface area contributed by atoms with Crippen LogP contribution in [0.4, 0.5) is 0 Å². The summed E-state index contributed by atoms with van der Waals surface area (Å²) >= 11 is 5.96.